The lowest BCUT2D eigenvalue weighted by molar-refractivity contribution is -0.134. The van der Waals surface area contributed by atoms with Gasteiger partial charge in [0.15, 0.2) is 0 Å². The van der Waals surface area contributed by atoms with Crippen LogP contribution in [0, 0.1) is 5.92 Å². The fourth-order valence-corrected chi connectivity index (χ4v) is 4.60. The lowest BCUT2D eigenvalue weighted by Gasteiger charge is -2.39. The highest BCUT2D eigenvalue weighted by Crippen LogP contribution is 2.32. The summed E-state index contributed by atoms with van der Waals surface area (Å²) >= 11 is 7.14. The van der Waals surface area contributed by atoms with Crippen LogP contribution in [-0.2, 0) is 16.1 Å². The molecule has 1 aliphatic heterocycles. The number of carbonyl (C=O) groups excluding carboxylic acids is 3. The largest absolute Gasteiger partial charge is 0.445 e. The molecule has 1 saturated carbocycles. The van der Waals surface area contributed by atoms with Gasteiger partial charge in [0.25, 0.3) is 5.91 Å². The molecule has 1 aromatic carbocycles. The van der Waals surface area contributed by atoms with Crippen LogP contribution in [0.15, 0.2) is 42.5 Å². The molecule has 3 amide bonds. The van der Waals surface area contributed by atoms with Gasteiger partial charge in [0.05, 0.1) is 21.3 Å². The number of nitrogens with one attached hydrogen (secondary N) is 2. The van der Waals surface area contributed by atoms with Crippen LogP contribution in [0.3, 0.4) is 0 Å². The topological polar surface area (TPSA) is 87.7 Å². The van der Waals surface area contributed by atoms with Gasteiger partial charge in [-0.1, -0.05) is 41.9 Å². The Morgan fingerprint density at radius 2 is 1.81 bits per heavy atom. The highest BCUT2D eigenvalue weighted by atomic mass is 35.5. The van der Waals surface area contributed by atoms with Crippen molar-refractivity contribution in [1.82, 2.24) is 15.5 Å². The summed E-state index contributed by atoms with van der Waals surface area (Å²) in [4.78, 5) is 39.9. The van der Waals surface area contributed by atoms with Crippen LogP contribution < -0.4 is 10.6 Å². The van der Waals surface area contributed by atoms with Crippen LogP contribution in [0.2, 0.25) is 4.34 Å². The number of benzene rings is 1. The molecule has 1 aliphatic carbocycles. The number of nitrogens with zero attached hydrogens (tertiary/aromatic N) is 1. The van der Waals surface area contributed by atoms with Crippen molar-refractivity contribution in [3.63, 3.8) is 0 Å². The van der Waals surface area contributed by atoms with Crippen molar-refractivity contribution in [3.8, 4) is 0 Å². The molecular weight excluding hydrogens is 438 g/mol. The van der Waals surface area contributed by atoms with Gasteiger partial charge in [0.1, 0.15) is 6.61 Å². The zero-order chi connectivity index (χ0) is 21.8. The number of alkyl carbamates (subject to hydrolysis) is 1. The molecule has 1 aromatic heterocycles. The van der Waals surface area contributed by atoms with Crippen molar-refractivity contribution in [1.29, 1.82) is 0 Å². The molecule has 2 atom stereocenters. The van der Waals surface area contributed by atoms with E-state index in [1.807, 2.05) is 30.3 Å². The summed E-state index contributed by atoms with van der Waals surface area (Å²) in [5, 5.41) is 5.84. The van der Waals surface area contributed by atoms with Gasteiger partial charge in [0.2, 0.25) is 5.91 Å². The molecule has 2 aliphatic rings. The van der Waals surface area contributed by atoms with Crippen LogP contribution >= 0.6 is 22.9 Å². The molecule has 31 heavy (non-hydrogen) atoms. The fourth-order valence-electron chi connectivity index (χ4n) is 3.65. The first-order valence-electron chi connectivity index (χ1n) is 10.3. The number of likely N-dealkylation sites (tertiary alicyclic amines) is 1. The molecule has 0 spiro atoms. The van der Waals surface area contributed by atoms with Crippen molar-refractivity contribution in [2.45, 2.75) is 38.0 Å². The summed E-state index contributed by atoms with van der Waals surface area (Å²) in [6.07, 6.45) is 1.84. The van der Waals surface area contributed by atoms with E-state index in [9.17, 15) is 14.4 Å². The van der Waals surface area contributed by atoms with Crippen LogP contribution in [-0.4, -0.2) is 48.0 Å². The first-order valence-corrected chi connectivity index (χ1v) is 11.5. The Labute approximate surface area is 189 Å². The van der Waals surface area contributed by atoms with E-state index in [1.54, 1.807) is 17.0 Å². The second kappa shape index (κ2) is 9.70. The Morgan fingerprint density at radius 3 is 2.48 bits per heavy atom. The molecule has 2 heterocycles. The average Bonchev–Trinajstić information content (AvgIpc) is 3.54. The third-order valence-electron chi connectivity index (χ3n) is 5.48. The third-order valence-corrected chi connectivity index (χ3v) is 6.71. The van der Waals surface area contributed by atoms with E-state index in [2.05, 4.69) is 10.6 Å². The van der Waals surface area contributed by atoms with Gasteiger partial charge in [-0.2, -0.15) is 0 Å². The quantitative estimate of drug-likeness (QED) is 0.689. The zero-order valence-electron chi connectivity index (χ0n) is 16.9. The number of hydrogen-bond acceptors (Lipinski definition) is 5. The second-order valence-corrected chi connectivity index (χ2v) is 9.56. The maximum absolute atomic E-state index is 12.7. The Bertz CT molecular complexity index is 947. The summed E-state index contributed by atoms with van der Waals surface area (Å²) in [7, 11) is 0. The van der Waals surface area contributed by atoms with E-state index < -0.39 is 12.1 Å². The maximum atomic E-state index is 12.7. The van der Waals surface area contributed by atoms with Crippen molar-refractivity contribution < 1.29 is 19.1 Å². The van der Waals surface area contributed by atoms with E-state index in [-0.39, 0.29) is 30.4 Å². The zero-order valence-corrected chi connectivity index (χ0v) is 18.5. The normalized spacial score (nSPS) is 20.7. The number of amides is 3. The highest BCUT2D eigenvalue weighted by molar-refractivity contribution is 7.18. The van der Waals surface area contributed by atoms with Gasteiger partial charge in [-0.05, 0) is 37.0 Å². The molecule has 0 unspecified atom stereocenters. The van der Waals surface area contributed by atoms with Crippen LogP contribution in [0.1, 0.15) is 34.5 Å². The predicted molar refractivity (Wildman–Crippen MR) is 118 cm³/mol. The Morgan fingerprint density at radius 1 is 1.03 bits per heavy atom. The number of piperidine rings is 1. The van der Waals surface area contributed by atoms with Gasteiger partial charge in [0, 0.05) is 19.0 Å². The molecule has 0 bridgehead atoms. The van der Waals surface area contributed by atoms with Crippen LogP contribution in [0.4, 0.5) is 4.79 Å². The minimum atomic E-state index is -0.547. The lowest BCUT2D eigenvalue weighted by Crippen LogP contribution is -2.61. The SMILES string of the molecule is O=C(N[C@@H]1CCN(C(=O)C2CC2)C[C@@H]1NC(=O)c1ccc(Cl)s1)OCc1ccccc1. The molecule has 2 aromatic rings. The number of ether oxygens (including phenoxy) is 1. The lowest BCUT2D eigenvalue weighted by atomic mass is 9.98. The molecular formula is C22H24ClN3O4S. The Kier molecular flexibility index (Phi) is 6.77. The van der Waals surface area contributed by atoms with Gasteiger partial charge in [-0.3, -0.25) is 9.59 Å². The molecule has 9 heteroatoms. The van der Waals surface area contributed by atoms with E-state index in [0.29, 0.717) is 28.7 Å². The van der Waals surface area contributed by atoms with Crippen molar-refractivity contribution in [2.75, 3.05) is 13.1 Å². The molecule has 2 N–H and O–H groups in total. The second-order valence-electron chi connectivity index (χ2n) is 7.84. The van der Waals surface area contributed by atoms with Crippen LogP contribution in [0.25, 0.3) is 0 Å². The Hall–Kier alpha value is -2.58. The first kappa shape index (κ1) is 21.6. The first-order chi connectivity index (χ1) is 15.0. The minimum Gasteiger partial charge on any atom is -0.445 e. The summed E-state index contributed by atoms with van der Waals surface area (Å²) in [5.41, 5.74) is 0.891. The monoisotopic (exact) mass is 461 g/mol. The fraction of sp³-hybridized carbons (Fsp3) is 0.409. The molecule has 2 fully saturated rings. The average molecular weight is 462 g/mol. The molecule has 164 valence electrons. The number of halogens is 1. The molecule has 4 rings (SSSR count). The van der Waals surface area contributed by atoms with Gasteiger partial charge in [-0.15, -0.1) is 11.3 Å². The molecule has 0 radical (unpaired) electrons. The van der Waals surface area contributed by atoms with E-state index >= 15 is 0 Å². The van der Waals surface area contributed by atoms with Crippen molar-refractivity contribution in [3.05, 3.63) is 57.2 Å². The standard InChI is InChI=1S/C22H24ClN3O4S/c23-19-9-8-18(31-19)20(27)24-17-12-26(21(28)15-6-7-15)11-10-16(17)25-22(29)30-13-14-4-2-1-3-5-14/h1-5,8-9,15-17H,6-7,10-13H2,(H,24,27)(H,25,29)/t16-,17+/m1/s1. The Balaban J connectivity index is 1.39. The van der Waals surface area contributed by atoms with Gasteiger partial charge < -0.3 is 20.3 Å². The summed E-state index contributed by atoms with van der Waals surface area (Å²) in [6.45, 7) is 1.05. The highest BCUT2D eigenvalue weighted by Gasteiger charge is 2.39. The minimum absolute atomic E-state index is 0.104. The summed E-state index contributed by atoms with van der Waals surface area (Å²) < 4.78 is 5.86. The van der Waals surface area contributed by atoms with Crippen molar-refractivity contribution >= 4 is 40.8 Å². The van der Waals surface area contributed by atoms with Gasteiger partial charge >= 0.3 is 6.09 Å². The van der Waals surface area contributed by atoms with Crippen molar-refractivity contribution in [2.24, 2.45) is 5.92 Å². The van der Waals surface area contributed by atoms with Gasteiger partial charge in [-0.25, -0.2) is 4.79 Å². The number of rotatable bonds is 6. The van der Waals surface area contributed by atoms with E-state index in [1.165, 1.54) is 11.3 Å². The van der Waals surface area contributed by atoms with E-state index in [0.717, 1.165) is 18.4 Å². The summed E-state index contributed by atoms with van der Waals surface area (Å²) in [6, 6.07) is 12.0. The maximum Gasteiger partial charge on any atom is 0.407 e. The number of hydrogen-bond donors (Lipinski definition) is 2. The molecule has 7 nitrogen and oxygen atoms in total. The molecule has 1 saturated heterocycles. The number of carbonyl (C=O) groups is 3. The number of thiophene rings is 1. The third kappa shape index (κ3) is 5.77. The smallest absolute Gasteiger partial charge is 0.407 e. The predicted octanol–water partition coefficient (Wildman–Crippen LogP) is 3.44. The van der Waals surface area contributed by atoms with Crippen LogP contribution in [0.5, 0.6) is 0 Å². The van der Waals surface area contributed by atoms with E-state index in [4.69, 9.17) is 16.3 Å². The summed E-state index contributed by atoms with van der Waals surface area (Å²) in [5.74, 6) is -0.0385.